The number of esters is 3. The lowest BCUT2D eigenvalue weighted by Gasteiger charge is -2.11. The maximum absolute atomic E-state index is 11.6. The molecule has 0 aliphatic carbocycles. The van der Waals surface area contributed by atoms with Crippen molar-refractivity contribution in [3.8, 4) is 0 Å². The number of ether oxygens (including phenoxy) is 3. The normalized spacial score (nSPS) is 11.4. The Kier molecular flexibility index (Phi) is 9.09. The van der Waals surface area contributed by atoms with Crippen LogP contribution in [-0.4, -0.2) is 47.7 Å². The SMILES string of the molecule is CC(OC(=O)CS)=C(OC(=O)CS)C(=O)OCCO. The number of allylic oxidation sites excluding steroid dienone is 1. The third-order valence-electron chi connectivity index (χ3n) is 1.57. The van der Waals surface area contributed by atoms with Gasteiger partial charge in [0.25, 0.3) is 5.76 Å². The molecule has 1 N–H and O–H groups in total. The van der Waals surface area contributed by atoms with Crippen LogP contribution in [-0.2, 0) is 28.6 Å². The molecular weight excluding hydrogens is 296 g/mol. The lowest BCUT2D eigenvalue weighted by Crippen LogP contribution is -2.20. The summed E-state index contributed by atoms with van der Waals surface area (Å²) in [5, 5.41) is 8.54. The fourth-order valence-corrected chi connectivity index (χ4v) is 0.986. The number of thiol groups is 2. The van der Waals surface area contributed by atoms with E-state index < -0.39 is 30.3 Å². The van der Waals surface area contributed by atoms with E-state index in [2.05, 4.69) is 34.7 Å². The Bertz CT molecular complexity index is 378. The van der Waals surface area contributed by atoms with Gasteiger partial charge >= 0.3 is 17.9 Å². The number of carbonyl (C=O) groups is 3. The molecular formula is C10H14O7S2. The van der Waals surface area contributed by atoms with E-state index in [9.17, 15) is 14.4 Å². The zero-order chi connectivity index (χ0) is 14.8. The van der Waals surface area contributed by atoms with Gasteiger partial charge in [0.05, 0.1) is 18.1 Å². The van der Waals surface area contributed by atoms with Gasteiger partial charge in [0.1, 0.15) is 6.61 Å². The number of aliphatic hydroxyl groups is 1. The predicted molar refractivity (Wildman–Crippen MR) is 70.6 cm³/mol. The van der Waals surface area contributed by atoms with Gasteiger partial charge < -0.3 is 19.3 Å². The molecule has 0 radical (unpaired) electrons. The molecule has 9 heteroatoms. The maximum atomic E-state index is 11.6. The summed E-state index contributed by atoms with van der Waals surface area (Å²) in [4.78, 5) is 33.7. The lowest BCUT2D eigenvalue weighted by atomic mass is 10.4. The molecule has 0 saturated carbocycles. The highest BCUT2D eigenvalue weighted by molar-refractivity contribution is 7.81. The van der Waals surface area contributed by atoms with Crippen LogP contribution in [0, 0.1) is 0 Å². The molecule has 0 atom stereocenters. The first-order valence-electron chi connectivity index (χ1n) is 5.08. The number of aliphatic hydroxyl groups excluding tert-OH is 1. The molecule has 0 aliphatic rings. The molecule has 0 aromatic heterocycles. The highest BCUT2D eigenvalue weighted by atomic mass is 32.1. The molecule has 0 saturated heterocycles. The van der Waals surface area contributed by atoms with E-state index in [1.807, 2.05) is 0 Å². The molecule has 7 nitrogen and oxygen atoms in total. The first-order valence-corrected chi connectivity index (χ1v) is 6.34. The molecule has 0 amide bonds. The van der Waals surface area contributed by atoms with Crippen LogP contribution in [0.15, 0.2) is 11.5 Å². The monoisotopic (exact) mass is 310 g/mol. The van der Waals surface area contributed by atoms with Crippen LogP contribution in [0.25, 0.3) is 0 Å². The third-order valence-corrected chi connectivity index (χ3v) is 2.09. The summed E-state index contributed by atoms with van der Waals surface area (Å²) in [6.45, 7) is 0.576. The second kappa shape index (κ2) is 9.70. The summed E-state index contributed by atoms with van der Waals surface area (Å²) in [7, 11) is 0. The van der Waals surface area contributed by atoms with Gasteiger partial charge in [-0.05, 0) is 6.92 Å². The molecule has 0 spiro atoms. The second-order valence-electron chi connectivity index (χ2n) is 3.01. The van der Waals surface area contributed by atoms with Crippen LogP contribution in [0.1, 0.15) is 6.92 Å². The maximum Gasteiger partial charge on any atom is 0.378 e. The van der Waals surface area contributed by atoms with Crippen LogP contribution < -0.4 is 0 Å². The minimum Gasteiger partial charge on any atom is -0.457 e. The summed E-state index contributed by atoms with van der Waals surface area (Å²) in [6.07, 6.45) is 0. The molecule has 0 aromatic carbocycles. The van der Waals surface area contributed by atoms with Crippen molar-refractivity contribution in [2.24, 2.45) is 0 Å². The van der Waals surface area contributed by atoms with E-state index in [0.717, 1.165) is 0 Å². The molecule has 0 heterocycles. The van der Waals surface area contributed by atoms with E-state index in [1.165, 1.54) is 6.92 Å². The van der Waals surface area contributed by atoms with Gasteiger partial charge in [-0.25, -0.2) is 4.79 Å². The average Bonchev–Trinajstić information content (AvgIpc) is 2.41. The number of rotatable bonds is 7. The van der Waals surface area contributed by atoms with Crippen molar-refractivity contribution in [3.05, 3.63) is 11.5 Å². The standard InChI is InChI=1S/C10H14O7S2/c1-6(16-7(12)4-18)9(17-8(13)5-19)10(14)15-3-2-11/h11,18-19H,2-5H2,1H3. The fourth-order valence-electron chi connectivity index (χ4n) is 0.857. The minimum atomic E-state index is -1.03. The van der Waals surface area contributed by atoms with E-state index in [1.54, 1.807) is 0 Å². The van der Waals surface area contributed by atoms with Gasteiger partial charge in [0, 0.05) is 0 Å². The summed E-state index contributed by atoms with van der Waals surface area (Å²) >= 11 is 7.37. The average molecular weight is 310 g/mol. The highest BCUT2D eigenvalue weighted by Crippen LogP contribution is 2.11. The van der Waals surface area contributed by atoms with E-state index in [4.69, 9.17) is 9.84 Å². The van der Waals surface area contributed by atoms with E-state index in [-0.39, 0.29) is 23.9 Å². The minimum absolute atomic E-state index is 0.211. The van der Waals surface area contributed by atoms with Crippen LogP contribution in [0.4, 0.5) is 0 Å². The Balaban J connectivity index is 5.01. The Morgan fingerprint density at radius 2 is 1.58 bits per heavy atom. The zero-order valence-corrected chi connectivity index (χ0v) is 11.9. The van der Waals surface area contributed by atoms with Gasteiger partial charge in [-0.2, -0.15) is 25.3 Å². The van der Waals surface area contributed by atoms with Crippen molar-refractivity contribution in [3.63, 3.8) is 0 Å². The van der Waals surface area contributed by atoms with Crippen LogP contribution in [0.3, 0.4) is 0 Å². The summed E-state index contributed by atoms with van der Waals surface area (Å²) in [5.74, 6) is -3.87. The van der Waals surface area contributed by atoms with Crippen molar-refractivity contribution in [2.45, 2.75) is 6.92 Å². The number of hydrogen-bond donors (Lipinski definition) is 3. The first kappa shape index (κ1) is 17.8. The molecule has 0 aromatic rings. The quantitative estimate of drug-likeness (QED) is 0.195. The third kappa shape index (κ3) is 7.09. The van der Waals surface area contributed by atoms with Crippen molar-refractivity contribution >= 4 is 43.2 Å². The smallest absolute Gasteiger partial charge is 0.378 e. The Labute approximate surface area is 120 Å². The second-order valence-corrected chi connectivity index (χ2v) is 3.64. The molecule has 0 rings (SSSR count). The lowest BCUT2D eigenvalue weighted by molar-refractivity contribution is -0.152. The Morgan fingerprint density at radius 1 is 1.05 bits per heavy atom. The summed E-state index contributed by atoms with van der Waals surface area (Å²) in [5.41, 5.74) is 0. The number of hydrogen-bond acceptors (Lipinski definition) is 9. The van der Waals surface area contributed by atoms with E-state index in [0.29, 0.717) is 0 Å². The molecule has 108 valence electrons. The fraction of sp³-hybridized carbons (Fsp3) is 0.500. The molecule has 0 aliphatic heterocycles. The first-order chi connectivity index (χ1) is 8.96. The number of carbonyl (C=O) groups excluding carboxylic acids is 3. The van der Waals surface area contributed by atoms with Crippen LogP contribution in [0.2, 0.25) is 0 Å². The van der Waals surface area contributed by atoms with Crippen molar-refractivity contribution in [1.29, 1.82) is 0 Å². The van der Waals surface area contributed by atoms with Crippen LogP contribution in [0.5, 0.6) is 0 Å². The molecule has 0 unspecified atom stereocenters. The van der Waals surface area contributed by atoms with Gasteiger partial charge in [0.2, 0.25) is 0 Å². The largest absolute Gasteiger partial charge is 0.457 e. The van der Waals surface area contributed by atoms with Gasteiger partial charge in [0.15, 0.2) is 5.76 Å². The molecule has 0 fully saturated rings. The van der Waals surface area contributed by atoms with Gasteiger partial charge in [-0.3, -0.25) is 9.59 Å². The Morgan fingerprint density at radius 3 is 2.05 bits per heavy atom. The molecule has 19 heavy (non-hydrogen) atoms. The van der Waals surface area contributed by atoms with Gasteiger partial charge in [-0.15, -0.1) is 0 Å². The summed E-state index contributed by atoms with van der Waals surface area (Å²) < 4.78 is 14.0. The summed E-state index contributed by atoms with van der Waals surface area (Å²) in [6, 6.07) is 0. The van der Waals surface area contributed by atoms with Crippen molar-refractivity contribution in [2.75, 3.05) is 24.7 Å². The predicted octanol–water partition coefficient (Wildman–Crippen LogP) is -0.301. The zero-order valence-electron chi connectivity index (χ0n) is 10.1. The van der Waals surface area contributed by atoms with E-state index >= 15 is 0 Å². The Hall–Kier alpha value is -1.19. The highest BCUT2D eigenvalue weighted by Gasteiger charge is 2.22. The topological polar surface area (TPSA) is 99.1 Å². The van der Waals surface area contributed by atoms with Crippen molar-refractivity contribution < 1.29 is 33.7 Å². The molecule has 0 bridgehead atoms. The van der Waals surface area contributed by atoms with Gasteiger partial charge in [-0.1, -0.05) is 0 Å². The van der Waals surface area contributed by atoms with Crippen molar-refractivity contribution in [1.82, 2.24) is 0 Å². The van der Waals surface area contributed by atoms with Crippen LogP contribution >= 0.6 is 25.3 Å².